The molecule has 1 aliphatic carbocycles. The van der Waals surface area contributed by atoms with E-state index in [0.717, 1.165) is 11.4 Å². The van der Waals surface area contributed by atoms with Gasteiger partial charge in [0.15, 0.2) is 5.13 Å². The Morgan fingerprint density at radius 3 is 2.78 bits per heavy atom. The molecular formula is C14H19N3S. The van der Waals surface area contributed by atoms with Gasteiger partial charge in [-0.15, -0.1) is 0 Å². The fraction of sp³-hybridized carbons (Fsp3) is 0.500. The topological polar surface area (TPSA) is 64.9 Å². The summed E-state index contributed by atoms with van der Waals surface area (Å²) in [6, 6.07) is 6.96. The molecule has 2 aromatic rings. The van der Waals surface area contributed by atoms with Crippen molar-refractivity contribution in [2.45, 2.75) is 38.1 Å². The molecule has 4 N–H and O–H groups in total. The summed E-state index contributed by atoms with van der Waals surface area (Å²) in [6.07, 6.45) is 6.06. The highest BCUT2D eigenvalue weighted by molar-refractivity contribution is 7.22. The van der Waals surface area contributed by atoms with Crippen molar-refractivity contribution < 1.29 is 0 Å². The maximum absolute atomic E-state index is 5.95. The first-order chi connectivity index (χ1) is 8.70. The number of rotatable bonds is 2. The molecule has 4 heteroatoms. The van der Waals surface area contributed by atoms with E-state index in [1.165, 1.54) is 42.4 Å². The Balaban J connectivity index is 1.74. The van der Waals surface area contributed by atoms with Gasteiger partial charge in [0.1, 0.15) is 0 Å². The molecule has 1 aliphatic rings. The van der Waals surface area contributed by atoms with Crippen LogP contribution in [0, 0.1) is 5.92 Å². The maximum Gasteiger partial charge on any atom is 0.181 e. The van der Waals surface area contributed by atoms with Gasteiger partial charge in [-0.25, -0.2) is 4.98 Å². The Morgan fingerprint density at radius 2 is 2.00 bits per heavy atom. The Morgan fingerprint density at radius 1 is 1.22 bits per heavy atom. The van der Waals surface area contributed by atoms with Crippen molar-refractivity contribution in [3.8, 4) is 0 Å². The summed E-state index contributed by atoms with van der Waals surface area (Å²) in [5.41, 5.74) is 14.1. The fourth-order valence-corrected chi connectivity index (χ4v) is 3.64. The number of thiazole rings is 1. The van der Waals surface area contributed by atoms with E-state index in [9.17, 15) is 0 Å². The van der Waals surface area contributed by atoms with Crippen LogP contribution < -0.4 is 11.5 Å². The van der Waals surface area contributed by atoms with Gasteiger partial charge < -0.3 is 11.5 Å². The smallest absolute Gasteiger partial charge is 0.181 e. The van der Waals surface area contributed by atoms with Crippen LogP contribution in [0.2, 0.25) is 0 Å². The van der Waals surface area contributed by atoms with Crippen LogP contribution in [0.1, 0.15) is 31.2 Å². The highest BCUT2D eigenvalue weighted by Gasteiger charge is 2.18. The SMILES string of the molecule is Nc1nc2ccc(CC3CCC(N)CC3)cc2s1. The van der Waals surface area contributed by atoms with Gasteiger partial charge in [0.05, 0.1) is 10.2 Å². The molecule has 1 aromatic heterocycles. The highest BCUT2D eigenvalue weighted by Crippen LogP contribution is 2.29. The number of fused-ring (bicyclic) bond motifs is 1. The summed E-state index contributed by atoms with van der Waals surface area (Å²) in [5.74, 6) is 0.799. The van der Waals surface area contributed by atoms with Gasteiger partial charge in [-0.05, 0) is 55.7 Å². The lowest BCUT2D eigenvalue weighted by atomic mass is 9.83. The van der Waals surface area contributed by atoms with E-state index in [1.54, 1.807) is 11.3 Å². The zero-order valence-electron chi connectivity index (χ0n) is 10.4. The van der Waals surface area contributed by atoms with E-state index in [4.69, 9.17) is 11.5 Å². The van der Waals surface area contributed by atoms with Crippen molar-refractivity contribution >= 4 is 26.7 Å². The predicted molar refractivity (Wildman–Crippen MR) is 77.7 cm³/mol. The minimum absolute atomic E-state index is 0.435. The summed E-state index contributed by atoms with van der Waals surface area (Å²) < 4.78 is 1.21. The van der Waals surface area contributed by atoms with Gasteiger partial charge >= 0.3 is 0 Å². The van der Waals surface area contributed by atoms with E-state index in [0.29, 0.717) is 11.2 Å². The fourth-order valence-electron chi connectivity index (χ4n) is 2.84. The molecular weight excluding hydrogens is 242 g/mol. The normalized spacial score (nSPS) is 24.5. The molecule has 0 aliphatic heterocycles. The number of hydrogen-bond acceptors (Lipinski definition) is 4. The van der Waals surface area contributed by atoms with Gasteiger partial charge in [0, 0.05) is 6.04 Å². The number of benzene rings is 1. The van der Waals surface area contributed by atoms with Crippen LogP contribution in [0.3, 0.4) is 0 Å². The first kappa shape index (κ1) is 11.9. The van der Waals surface area contributed by atoms with Crippen LogP contribution in [0.4, 0.5) is 5.13 Å². The lowest BCUT2D eigenvalue weighted by Gasteiger charge is -2.26. The third-order valence-electron chi connectivity index (χ3n) is 3.89. The van der Waals surface area contributed by atoms with Crippen molar-refractivity contribution in [1.82, 2.24) is 4.98 Å². The molecule has 18 heavy (non-hydrogen) atoms. The maximum atomic E-state index is 5.95. The first-order valence-electron chi connectivity index (χ1n) is 6.61. The van der Waals surface area contributed by atoms with E-state index in [1.807, 2.05) is 0 Å². The second kappa shape index (κ2) is 4.86. The summed E-state index contributed by atoms with van der Waals surface area (Å²) in [5, 5.41) is 0.658. The van der Waals surface area contributed by atoms with Crippen LogP contribution >= 0.6 is 11.3 Å². The summed E-state index contributed by atoms with van der Waals surface area (Å²) in [7, 11) is 0. The number of aromatic nitrogens is 1. The average molecular weight is 261 g/mol. The van der Waals surface area contributed by atoms with E-state index >= 15 is 0 Å². The highest BCUT2D eigenvalue weighted by atomic mass is 32.1. The number of nitrogens with zero attached hydrogens (tertiary/aromatic N) is 1. The van der Waals surface area contributed by atoms with Crippen molar-refractivity contribution in [2.75, 3.05) is 5.73 Å². The zero-order valence-corrected chi connectivity index (χ0v) is 11.2. The quantitative estimate of drug-likeness (QED) is 0.873. The number of nitrogen functional groups attached to an aromatic ring is 1. The van der Waals surface area contributed by atoms with Crippen molar-refractivity contribution in [2.24, 2.45) is 11.7 Å². The van der Waals surface area contributed by atoms with Crippen LogP contribution in [0.25, 0.3) is 10.2 Å². The molecule has 3 nitrogen and oxygen atoms in total. The second-order valence-electron chi connectivity index (χ2n) is 5.34. The van der Waals surface area contributed by atoms with Crippen molar-refractivity contribution in [1.29, 1.82) is 0 Å². The van der Waals surface area contributed by atoms with E-state index < -0.39 is 0 Å². The van der Waals surface area contributed by atoms with Gasteiger partial charge in [0.25, 0.3) is 0 Å². The minimum Gasteiger partial charge on any atom is -0.375 e. The molecule has 1 saturated carbocycles. The first-order valence-corrected chi connectivity index (χ1v) is 7.43. The van der Waals surface area contributed by atoms with Crippen LogP contribution in [-0.2, 0) is 6.42 Å². The third-order valence-corrected chi connectivity index (χ3v) is 4.73. The van der Waals surface area contributed by atoms with Crippen molar-refractivity contribution in [3.05, 3.63) is 23.8 Å². The van der Waals surface area contributed by atoms with E-state index in [-0.39, 0.29) is 0 Å². The Hall–Kier alpha value is -1.13. The average Bonchev–Trinajstić information content (AvgIpc) is 2.71. The molecule has 0 saturated heterocycles. The molecule has 0 amide bonds. The molecule has 0 bridgehead atoms. The van der Waals surface area contributed by atoms with Crippen LogP contribution in [0.5, 0.6) is 0 Å². The van der Waals surface area contributed by atoms with E-state index in [2.05, 4.69) is 23.2 Å². The number of anilines is 1. The van der Waals surface area contributed by atoms with Crippen LogP contribution in [-0.4, -0.2) is 11.0 Å². The van der Waals surface area contributed by atoms with Crippen molar-refractivity contribution in [3.63, 3.8) is 0 Å². The minimum atomic E-state index is 0.435. The molecule has 3 rings (SSSR count). The predicted octanol–water partition coefficient (Wildman–Crippen LogP) is 2.94. The second-order valence-corrected chi connectivity index (χ2v) is 6.40. The Bertz CT molecular complexity index is 541. The summed E-state index contributed by atoms with van der Waals surface area (Å²) in [6.45, 7) is 0. The molecule has 0 unspecified atom stereocenters. The van der Waals surface area contributed by atoms with Gasteiger partial charge in [-0.1, -0.05) is 17.4 Å². The number of nitrogens with two attached hydrogens (primary N) is 2. The molecule has 1 aromatic carbocycles. The largest absolute Gasteiger partial charge is 0.375 e. The summed E-state index contributed by atoms with van der Waals surface area (Å²) in [4.78, 5) is 4.29. The number of hydrogen-bond donors (Lipinski definition) is 2. The van der Waals surface area contributed by atoms with Gasteiger partial charge in [-0.3, -0.25) is 0 Å². The lowest BCUT2D eigenvalue weighted by molar-refractivity contribution is 0.325. The Labute approximate surface area is 111 Å². The molecule has 96 valence electrons. The monoisotopic (exact) mass is 261 g/mol. The standard InChI is InChI=1S/C14H19N3S/c15-11-4-1-9(2-5-11)7-10-3-6-12-13(8-10)18-14(16)17-12/h3,6,8-9,11H,1-2,4-5,7,15H2,(H2,16,17). The Kier molecular flexibility index (Phi) is 3.22. The zero-order chi connectivity index (χ0) is 12.5. The van der Waals surface area contributed by atoms with Crippen LogP contribution in [0.15, 0.2) is 18.2 Å². The third kappa shape index (κ3) is 2.49. The molecule has 1 fully saturated rings. The molecule has 0 radical (unpaired) electrons. The molecule has 0 spiro atoms. The molecule has 1 heterocycles. The molecule has 0 atom stereocenters. The van der Waals surface area contributed by atoms with Gasteiger partial charge in [-0.2, -0.15) is 0 Å². The summed E-state index contributed by atoms with van der Waals surface area (Å²) >= 11 is 1.58. The lowest BCUT2D eigenvalue weighted by Crippen LogP contribution is -2.27. The van der Waals surface area contributed by atoms with Gasteiger partial charge in [0.2, 0.25) is 0 Å².